The second kappa shape index (κ2) is 6.40. The number of benzene rings is 2. The van der Waals surface area contributed by atoms with Gasteiger partial charge in [-0.15, -0.1) is 0 Å². The average Bonchev–Trinajstić information content (AvgIpc) is 3.34. The molecule has 0 heterocycles. The van der Waals surface area contributed by atoms with Crippen LogP contribution in [0.5, 0.6) is 0 Å². The Morgan fingerprint density at radius 2 is 1.79 bits per heavy atom. The Kier molecular flexibility index (Phi) is 4.30. The predicted molar refractivity (Wildman–Crippen MR) is 97.4 cm³/mol. The van der Waals surface area contributed by atoms with Crippen molar-refractivity contribution in [1.82, 2.24) is 0 Å². The van der Waals surface area contributed by atoms with Crippen LogP contribution in [-0.2, 0) is 5.54 Å². The molecule has 122 valence electrons. The lowest BCUT2D eigenvalue weighted by Gasteiger charge is -2.14. The Morgan fingerprint density at radius 1 is 1.12 bits per heavy atom. The number of rotatable bonds is 5. The van der Waals surface area contributed by atoms with E-state index in [1.165, 1.54) is 28.8 Å². The first-order chi connectivity index (χ1) is 11.5. The molecule has 2 aromatic rings. The summed E-state index contributed by atoms with van der Waals surface area (Å²) < 4.78 is 0. The fourth-order valence-corrected chi connectivity index (χ4v) is 2.82. The Morgan fingerprint density at radius 3 is 2.38 bits per heavy atom. The summed E-state index contributed by atoms with van der Waals surface area (Å²) in [6.45, 7) is 4.19. The van der Waals surface area contributed by atoms with Gasteiger partial charge in [0, 0.05) is 18.3 Å². The molecule has 0 saturated heterocycles. The zero-order chi connectivity index (χ0) is 17.2. The van der Waals surface area contributed by atoms with Crippen molar-refractivity contribution in [3.63, 3.8) is 0 Å². The molecular formula is C20H20N2O2. The Bertz CT molecular complexity index is 812. The third kappa shape index (κ3) is 3.43. The molecule has 0 amide bonds. The van der Waals surface area contributed by atoms with Crippen LogP contribution >= 0.6 is 0 Å². The minimum Gasteiger partial charge on any atom is -0.281 e. The van der Waals surface area contributed by atoms with Crippen molar-refractivity contribution >= 4 is 18.0 Å². The van der Waals surface area contributed by atoms with Gasteiger partial charge in [0.2, 0.25) is 0 Å². The zero-order valence-electron chi connectivity index (χ0n) is 13.9. The summed E-state index contributed by atoms with van der Waals surface area (Å²) in [6, 6.07) is 14.9. The van der Waals surface area contributed by atoms with Gasteiger partial charge in [0.25, 0.3) is 5.69 Å². The van der Waals surface area contributed by atoms with Gasteiger partial charge in [0.05, 0.1) is 10.5 Å². The van der Waals surface area contributed by atoms with E-state index in [4.69, 9.17) is 4.99 Å². The minimum absolute atomic E-state index is 0.0992. The van der Waals surface area contributed by atoms with Crippen molar-refractivity contribution in [2.75, 3.05) is 0 Å². The molecular weight excluding hydrogens is 300 g/mol. The molecule has 1 aliphatic carbocycles. The topological polar surface area (TPSA) is 55.5 Å². The van der Waals surface area contributed by atoms with Crippen molar-refractivity contribution in [2.24, 2.45) is 4.99 Å². The van der Waals surface area contributed by atoms with Crippen LogP contribution in [0, 0.1) is 10.1 Å². The summed E-state index contributed by atoms with van der Waals surface area (Å²) in [5, 5.41) is 10.7. The number of aliphatic imine (C=N–C) groups is 1. The molecule has 0 aromatic heterocycles. The van der Waals surface area contributed by atoms with Gasteiger partial charge in [0.1, 0.15) is 0 Å². The Labute approximate surface area is 141 Å². The summed E-state index contributed by atoms with van der Waals surface area (Å²) in [6.07, 6.45) is 6.08. The second-order valence-corrected chi connectivity index (χ2v) is 6.45. The highest BCUT2D eigenvalue weighted by Gasteiger charge is 2.44. The van der Waals surface area contributed by atoms with Crippen molar-refractivity contribution in [1.29, 1.82) is 0 Å². The normalized spacial score (nSPS) is 15.2. The molecule has 0 spiro atoms. The van der Waals surface area contributed by atoms with Crippen molar-refractivity contribution < 1.29 is 4.92 Å². The summed E-state index contributed by atoms with van der Waals surface area (Å²) in [7, 11) is 0. The zero-order valence-corrected chi connectivity index (χ0v) is 13.9. The van der Waals surface area contributed by atoms with Crippen LogP contribution in [0.15, 0.2) is 59.1 Å². The van der Waals surface area contributed by atoms with E-state index in [1.807, 2.05) is 12.3 Å². The number of non-ortho nitro benzene ring substituents is 1. The molecule has 1 saturated carbocycles. The highest BCUT2D eigenvalue weighted by atomic mass is 16.6. The van der Waals surface area contributed by atoms with Crippen LogP contribution in [0.25, 0.3) is 6.08 Å². The highest BCUT2D eigenvalue weighted by molar-refractivity contribution is 5.81. The number of nitro groups is 1. The molecule has 0 unspecified atom stereocenters. The van der Waals surface area contributed by atoms with Crippen LogP contribution in [0.3, 0.4) is 0 Å². The molecule has 0 N–H and O–H groups in total. The van der Waals surface area contributed by atoms with E-state index in [0.29, 0.717) is 0 Å². The van der Waals surface area contributed by atoms with Gasteiger partial charge in [-0.05, 0) is 55.5 Å². The van der Waals surface area contributed by atoms with E-state index in [2.05, 4.69) is 38.1 Å². The molecule has 2 aromatic carbocycles. The fraction of sp³-hybridized carbons (Fsp3) is 0.250. The maximum atomic E-state index is 10.7. The lowest BCUT2D eigenvalue weighted by molar-refractivity contribution is -0.384. The molecule has 4 heteroatoms. The van der Waals surface area contributed by atoms with Gasteiger partial charge in [-0.3, -0.25) is 15.1 Å². The third-order valence-electron chi connectivity index (χ3n) is 4.19. The third-order valence-corrected chi connectivity index (χ3v) is 4.19. The van der Waals surface area contributed by atoms with Crippen LogP contribution in [0.1, 0.15) is 43.4 Å². The maximum absolute atomic E-state index is 10.7. The first-order valence-electron chi connectivity index (χ1n) is 8.04. The lowest BCUT2D eigenvalue weighted by atomic mass is 9.97. The lowest BCUT2D eigenvalue weighted by Crippen LogP contribution is -2.06. The minimum atomic E-state index is -0.390. The molecule has 1 aliphatic rings. The van der Waals surface area contributed by atoms with Crippen molar-refractivity contribution in [3.05, 3.63) is 80.9 Å². The number of nitro benzene ring substituents is 1. The summed E-state index contributed by atoms with van der Waals surface area (Å²) in [5.74, 6) is 0. The number of hydrogen-bond acceptors (Lipinski definition) is 3. The van der Waals surface area contributed by atoms with Gasteiger partial charge < -0.3 is 0 Å². The molecule has 1 fully saturated rings. The molecule has 0 radical (unpaired) electrons. The summed E-state index contributed by atoms with van der Waals surface area (Å²) in [4.78, 5) is 15.2. The van der Waals surface area contributed by atoms with Crippen molar-refractivity contribution in [3.8, 4) is 0 Å². The monoisotopic (exact) mass is 320 g/mol. The molecule has 0 atom stereocenters. The summed E-state index contributed by atoms with van der Waals surface area (Å²) >= 11 is 0. The number of hydrogen-bond donors (Lipinski definition) is 0. The molecule has 0 bridgehead atoms. The van der Waals surface area contributed by atoms with Gasteiger partial charge >= 0.3 is 0 Å². The largest absolute Gasteiger partial charge is 0.281 e. The Hall–Kier alpha value is -2.75. The molecule has 24 heavy (non-hydrogen) atoms. The second-order valence-electron chi connectivity index (χ2n) is 6.45. The standard InChI is InChI=1S/C20H20N2O2/c1-15(2)13-17-5-3-4-6-19(17)20(11-12-20)21-14-16-7-9-18(10-8-16)22(23)24/h3-10,13-14H,11-12H2,1-2H3. The summed E-state index contributed by atoms with van der Waals surface area (Å²) in [5.41, 5.74) is 4.57. The highest BCUT2D eigenvalue weighted by Crippen LogP contribution is 2.50. The average molecular weight is 320 g/mol. The van der Waals surface area contributed by atoms with E-state index >= 15 is 0 Å². The van der Waals surface area contributed by atoms with E-state index in [9.17, 15) is 10.1 Å². The molecule has 0 aliphatic heterocycles. The van der Waals surface area contributed by atoms with Gasteiger partial charge in [-0.2, -0.15) is 0 Å². The van der Waals surface area contributed by atoms with E-state index in [0.717, 1.165) is 18.4 Å². The van der Waals surface area contributed by atoms with Crippen LogP contribution in [-0.4, -0.2) is 11.1 Å². The van der Waals surface area contributed by atoms with E-state index in [1.54, 1.807) is 12.1 Å². The SMILES string of the molecule is CC(C)=Cc1ccccc1C1(N=Cc2ccc([N+](=O)[O-])cc2)CC1. The Balaban J connectivity index is 1.87. The quantitative estimate of drug-likeness (QED) is 0.436. The van der Waals surface area contributed by atoms with Gasteiger partial charge in [-0.1, -0.05) is 35.9 Å². The molecule has 4 nitrogen and oxygen atoms in total. The van der Waals surface area contributed by atoms with Crippen LogP contribution < -0.4 is 0 Å². The first kappa shape index (κ1) is 16.1. The van der Waals surface area contributed by atoms with E-state index < -0.39 is 0 Å². The predicted octanol–water partition coefficient (Wildman–Crippen LogP) is 5.13. The fourth-order valence-electron chi connectivity index (χ4n) is 2.82. The van der Waals surface area contributed by atoms with Crippen molar-refractivity contribution in [2.45, 2.75) is 32.2 Å². The van der Waals surface area contributed by atoms with Gasteiger partial charge in [-0.25, -0.2) is 0 Å². The number of allylic oxidation sites excluding steroid dienone is 1. The van der Waals surface area contributed by atoms with Crippen LogP contribution in [0.4, 0.5) is 5.69 Å². The first-order valence-corrected chi connectivity index (χ1v) is 8.04. The smallest absolute Gasteiger partial charge is 0.269 e. The van der Waals surface area contributed by atoms with Gasteiger partial charge in [0.15, 0.2) is 0 Å². The number of nitrogens with zero attached hydrogens (tertiary/aromatic N) is 2. The maximum Gasteiger partial charge on any atom is 0.269 e. The molecule has 3 rings (SSSR count). The van der Waals surface area contributed by atoms with Crippen LogP contribution in [0.2, 0.25) is 0 Å². The van der Waals surface area contributed by atoms with E-state index in [-0.39, 0.29) is 16.1 Å².